The monoisotopic (exact) mass is 271 g/mol. The standard InChI is InChI=1S/C13H25N3OS/c1-9(12(14)18)8-16(3)10(2)13(17)15-11-6-4-5-7-11/h9-11H,4-8H2,1-3H3,(H2,14,18)(H,15,17). The molecular formula is C13H25N3OS. The Hall–Kier alpha value is -0.680. The number of rotatable bonds is 6. The first kappa shape index (κ1) is 15.4. The van der Waals surface area contributed by atoms with Gasteiger partial charge in [0, 0.05) is 18.5 Å². The highest BCUT2D eigenvalue weighted by Crippen LogP contribution is 2.17. The fourth-order valence-electron chi connectivity index (χ4n) is 2.27. The van der Waals surface area contributed by atoms with Crippen molar-refractivity contribution in [2.75, 3.05) is 13.6 Å². The number of nitrogens with zero attached hydrogens (tertiary/aromatic N) is 1. The van der Waals surface area contributed by atoms with Crippen molar-refractivity contribution < 1.29 is 4.79 Å². The van der Waals surface area contributed by atoms with Gasteiger partial charge in [0.2, 0.25) is 5.91 Å². The molecule has 5 heteroatoms. The summed E-state index contributed by atoms with van der Waals surface area (Å²) in [6.07, 6.45) is 4.69. The molecule has 1 aliphatic carbocycles. The third kappa shape index (κ3) is 4.53. The van der Waals surface area contributed by atoms with E-state index >= 15 is 0 Å². The van der Waals surface area contributed by atoms with Crippen molar-refractivity contribution in [1.82, 2.24) is 10.2 Å². The second kappa shape index (κ2) is 7.04. The summed E-state index contributed by atoms with van der Waals surface area (Å²) in [7, 11) is 1.94. The van der Waals surface area contributed by atoms with E-state index in [9.17, 15) is 4.79 Å². The molecule has 0 bridgehead atoms. The minimum atomic E-state index is -0.137. The predicted molar refractivity (Wildman–Crippen MR) is 78.4 cm³/mol. The molecule has 2 unspecified atom stereocenters. The summed E-state index contributed by atoms with van der Waals surface area (Å²) in [6.45, 7) is 4.63. The zero-order valence-electron chi connectivity index (χ0n) is 11.6. The van der Waals surface area contributed by atoms with Crippen LogP contribution in [0.4, 0.5) is 0 Å². The van der Waals surface area contributed by atoms with Gasteiger partial charge >= 0.3 is 0 Å². The van der Waals surface area contributed by atoms with Crippen LogP contribution < -0.4 is 11.1 Å². The first-order chi connectivity index (χ1) is 8.41. The van der Waals surface area contributed by atoms with Gasteiger partial charge in [0.1, 0.15) is 0 Å². The lowest BCUT2D eigenvalue weighted by Gasteiger charge is -2.27. The van der Waals surface area contributed by atoms with E-state index < -0.39 is 0 Å². The van der Waals surface area contributed by atoms with Crippen LogP contribution in [0.25, 0.3) is 0 Å². The molecule has 1 fully saturated rings. The van der Waals surface area contributed by atoms with E-state index in [-0.39, 0.29) is 17.9 Å². The Morgan fingerprint density at radius 2 is 2.00 bits per heavy atom. The number of amides is 1. The molecule has 1 rings (SSSR count). The zero-order valence-corrected chi connectivity index (χ0v) is 12.4. The van der Waals surface area contributed by atoms with Gasteiger partial charge in [0.05, 0.1) is 11.0 Å². The topological polar surface area (TPSA) is 58.4 Å². The van der Waals surface area contributed by atoms with Crippen molar-refractivity contribution in [2.45, 2.75) is 51.6 Å². The molecule has 0 spiro atoms. The van der Waals surface area contributed by atoms with Crippen LogP contribution >= 0.6 is 12.2 Å². The third-order valence-corrected chi connectivity index (χ3v) is 4.19. The fourth-order valence-corrected chi connectivity index (χ4v) is 2.35. The van der Waals surface area contributed by atoms with Crippen molar-refractivity contribution in [3.63, 3.8) is 0 Å². The molecule has 1 amide bonds. The lowest BCUT2D eigenvalue weighted by atomic mass is 10.1. The second-order valence-corrected chi connectivity index (χ2v) is 5.88. The molecule has 0 aromatic carbocycles. The molecule has 0 aromatic rings. The molecular weight excluding hydrogens is 246 g/mol. The van der Waals surface area contributed by atoms with Crippen LogP contribution in [0, 0.1) is 5.92 Å². The van der Waals surface area contributed by atoms with Gasteiger partial charge < -0.3 is 11.1 Å². The molecule has 4 nitrogen and oxygen atoms in total. The summed E-state index contributed by atoms with van der Waals surface area (Å²) < 4.78 is 0. The number of thiocarbonyl (C=S) groups is 1. The molecule has 18 heavy (non-hydrogen) atoms. The fraction of sp³-hybridized carbons (Fsp3) is 0.846. The number of likely N-dealkylation sites (N-methyl/N-ethyl adjacent to an activating group) is 1. The third-order valence-electron chi connectivity index (χ3n) is 3.79. The molecule has 0 aliphatic heterocycles. The van der Waals surface area contributed by atoms with Crippen molar-refractivity contribution in [3.05, 3.63) is 0 Å². The van der Waals surface area contributed by atoms with Crippen molar-refractivity contribution in [2.24, 2.45) is 11.7 Å². The van der Waals surface area contributed by atoms with E-state index in [0.29, 0.717) is 17.6 Å². The largest absolute Gasteiger partial charge is 0.393 e. The first-order valence-electron chi connectivity index (χ1n) is 6.71. The van der Waals surface area contributed by atoms with Gasteiger partial charge in [-0.15, -0.1) is 0 Å². The average Bonchev–Trinajstić information content (AvgIpc) is 2.80. The summed E-state index contributed by atoms with van der Waals surface area (Å²) >= 11 is 4.96. The Morgan fingerprint density at radius 3 is 2.50 bits per heavy atom. The van der Waals surface area contributed by atoms with E-state index in [0.717, 1.165) is 12.8 Å². The summed E-state index contributed by atoms with van der Waals surface area (Å²) in [5, 5.41) is 3.12. The van der Waals surface area contributed by atoms with Crippen LogP contribution in [0.5, 0.6) is 0 Å². The van der Waals surface area contributed by atoms with Crippen molar-refractivity contribution in [3.8, 4) is 0 Å². The smallest absolute Gasteiger partial charge is 0.237 e. The van der Waals surface area contributed by atoms with E-state index in [4.69, 9.17) is 18.0 Å². The summed E-state index contributed by atoms with van der Waals surface area (Å²) in [6, 6.07) is 0.240. The molecule has 0 radical (unpaired) electrons. The average molecular weight is 271 g/mol. The van der Waals surface area contributed by atoms with Crippen LogP contribution in [-0.2, 0) is 4.79 Å². The van der Waals surface area contributed by atoms with Crippen LogP contribution in [0.3, 0.4) is 0 Å². The Balaban J connectivity index is 2.39. The maximum absolute atomic E-state index is 12.1. The molecule has 0 saturated heterocycles. The number of carbonyl (C=O) groups excluding carboxylic acids is 1. The number of carbonyl (C=O) groups is 1. The van der Waals surface area contributed by atoms with Gasteiger partial charge in [0.15, 0.2) is 0 Å². The molecule has 2 atom stereocenters. The SMILES string of the molecule is CC(CN(C)C(C)C(=O)NC1CCCC1)C(N)=S. The first-order valence-corrected chi connectivity index (χ1v) is 7.12. The highest BCUT2D eigenvalue weighted by molar-refractivity contribution is 7.80. The number of hydrogen-bond donors (Lipinski definition) is 2. The van der Waals surface area contributed by atoms with E-state index in [1.165, 1.54) is 12.8 Å². The lowest BCUT2D eigenvalue weighted by Crippen LogP contribution is -2.48. The highest BCUT2D eigenvalue weighted by atomic mass is 32.1. The molecule has 3 N–H and O–H groups in total. The second-order valence-electron chi connectivity index (χ2n) is 5.41. The molecule has 1 aliphatic rings. The minimum absolute atomic E-state index is 0.111. The Kier molecular flexibility index (Phi) is 6.02. The van der Waals surface area contributed by atoms with Crippen molar-refractivity contribution in [1.29, 1.82) is 0 Å². The highest BCUT2D eigenvalue weighted by Gasteiger charge is 2.24. The molecule has 104 valence electrons. The van der Waals surface area contributed by atoms with Gasteiger partial charge in [-0.25, -0.2) is 0 Å². The van der Waals surface area contributed by atoms with Crippen LogP contribution in [-0.4, -0.2) is 41.5 Å². The number of hydrogen-bond acceptors (Lipinski definition) is 3. The van der Waals surface area contributed by atoms with E-state index in [1.807, 2.05) is 25.8 Å². The van der Waals surface area contributed by atoms with Gasteiger partial charge in [-0.05, 0) is 26.8 Å². The summed E-state index contributed by atoms with van der Waals surface area (Å²) in [5.74, 6) is 0.242. The van der Waals surface area contributed by atoms with Gasteiger partial charge in [-0.2, -0.15) is 0 Å². The quantitative estimate of drug-likeness (QED) is 0.715. The molecule has 0 aromatic heterocycles. The van der Waals surface area contributed by atoms with Crippen LogP contribution in [0.15, 0.2) is 0 Å². The Bertz CT molecular complexity index is 303. The maximum atomic E-state index is 12.1. The number of nitrogens with one attached hydrogen (secondary N) is 1. The van der Waals surface area contributed by atoms with Gasteiger partial charge in [-0.3, -0.25) is 9.69 Å². The predicted octanol–water partition coefficient (Wildman–Crippen LogP) is 1.29. The summed E-state index contributed by atoms with van der Waals surface area (Å²) in [4.78, 5) is 14.6. The van der Waals surface area contributed by atoms with Gasteiger partial charge in [0.25, 0.3) is 0 Å². The normalized spacial score (nSPS) is 19.8. The molecule has 1 saturated carbocycles. The number of nitrogens with two attached hydrogens (primary N) is 1. The van der Waals surface area contributed by atoms with Crippen molar-refractivity contribution >= 4 is 23.1 Å². The van der Waals surface area contributed by atoms with Crippen LogP contribution in [0.2, 0.25) is 0 Å². The van der Waals surface area contributed by atoms with Crippen LogP contribution in [0.1, 0.15) is 39.5 Å². The lowest BCUT2D eigenvalue weighted by molar-refractivity contribution is -0.126. The maximum Gasteiger partial charge on any atom is 0.237 e. The summed E-state index contributed by atoms with van der Waals surface area (Å²) in [5.41, 5.74) is 5.60. The Morgan fingerprint density at radius 1 is 1.44 bits per heavy atom. The Labute approximate surface area is 115 Å². The zero-order chi connectivity index (χ0) is 13.7. The van der Waals surface area contributed by atoms with E-state index in [2.05, 4.69) is 5.32 Å². The van der Waals surface area contributed by atoms with E-state index in [1.54, 1.807) is 0 Å². The minimum Gasteiger partial charge on any atom is -0.393 e. The van der Waals surface area contributed by atoms with Gasteiger partial charge in [-0.1, -0.05) is 32.0 Å². The molecule has 0 heterocycles.